The molecule has 0 aliphatic heterocycles. The summed E-state index contributed by atoms with van der Waals surface area (Å²) >= 11 is 0. The first-order valence-corrected chi connectivity index (χ1v) is 31.5. The van der Waals surface area contributed by atoms with Crippen molar-refractivity contribution in [2.45, 2.75) is 342 Å². The van der Waals surface area contributed by atoms with E-state index in [1.54, 1.807) is 0 Å². The molecule has 0 aromatic rings. The Morgan fingerprint density at radius 1 is 0.362 bits per heavy atom. The molecule has 7 nitrogen and oxygen atoms in total. The van der Waals surface area contributed by atoms with Crippen LogP contribution in [0.4, 0.5) is 4.79 Å². The molecule has 69 heavy (non-hydrogen) atoms. The average Bonchev–Trinajstić information content (AvgIpc) is 3.35. The highest BCUT2D eigenvalue weighted by atomic mass is 16.7. The maximum absolute atomic E-state index is 13.5. The van der Waals surface area contributed by atoms with Crippen LogP contribution in [0, 0.1) is 0 Å². The van der Waals surface area contributed by atoms with Crippen LogP contribution in [-0.2, 0) is 14.3 Å². The summed E-state index contributed by atoms with van der Waals surface area (Å²) in [5.41, 5.74) is 0. The highest BCUT2D eigenvalue weighted by Crippen LogP contribution is 2.19. The molecule has 0 fully saturated rings. The number of hydrogen-bond acceptors (Lipinski definition) is 6. The van der Waals surface area contributed by atoms with Gasteiger partial charge in [-0.25, -0.2) is 4.79 Å². The molecule has 0 bridgehead atoms. The van der Waals surface area contributed by atoms with Gasteiger partial charge in [0.2, 0.25) is 5.91 Å². The smallest absolute Gasteiger partial charge is 0.434 e. The lowest BCUT2D eigenvalue weighted by Crippen LogP contribution is -2.32. The Labute approximate surface area is 432 Å². The number of nitrogens with zero attached hydrogens (tertiary/aromatic N) is 2. The minimum Gasteiger partial charge on any atom is -0.434 e. The van der Waals surface area contributed by atoms with Crippen LogP contribution in [0.3, 0.4) is 0 Å². The Morgan fingerprint density at radius 3 is 1.04 bits per heavy atom. The minimum absolute atomic E-state index is 0.00109. The lowest BCUT2D eigenvalue weighted by Gasteiger charge is -2.23. The van der Waals surface area contributed by atoms with Gasteiger partial charge in [-0.3, -0.25) is 4.79 Å². The van der Waals surface area contributed by atoms with Gasteiger partial charge >= 0.3 is 6.16 Å². The molecule has 0 unspecified atom stereocenters. The normalized spacial score (nSPS) is 11.6. The average molecular weight is 978 g/mol. The zero-order valence-corrected chi connectivity index (χ0v) is 47.4. The Hall–Kier alpha value is -1.34. The number of rotatable bonds is 58. The molecule has 0 aromatic carbocycles. The Balaban J connectivity index is 4.53. The molecule has 0 saturated heterocycles. The minimum atomic E-state index is -0.460. The third kappa shape index (κ3) is 51.4. The summed E-state index contributed by atoms with van der Waals surface area (Å²) in [5.74, 6) is 0.409. The molecular formula is C62H124N2O5. The first-order valence-electron chi connectivity index (χ1n) is 31.5. The standard InChI is InChI=1S/C62H124N2O5/c1-5-9-13-17-21-23-25-27-36-46-56-64(57-47-37-28-26-24-22-18-14-10-6-2)61(66)52-42-33-29-34-43-53-63(55-45-39-48-58-65)54-44-35-30-38-49-59-68-62(67)69-60(50-40-31-19-15-11-7-3)51-41-32-20-16-12-8-4/h60,65H,5-59H2,1-4H3. The highest BCUT2D eigenvalue weighted by Gasteiger charge is 2.16. The molecule has 0 atom stereocenters. The van der Waals surface area contributed by atoms with Gasteiger partial charge in [-0.15, -0.1) is 0 Å². The number of ether oxygens (including phenoxy) is 2. The zero-order chi connectivity index (χ0) is 50.2. The summed E-state index contributed by atoms with van der Waals surface area (Å²) in [6.07, 6.45) is 58.7. The summed E-state index contributed by atoms with van der Waals surface area (Å²) in [5, 5.41) is 9.32. The van der Waals surface area contributed by atoms with Crippen molar-refractivity contribution in [3.63, 3.8) is 0 Å². The fourth-order valence-electron chi connectivity index (χ4n) is 10.1. The van der Waals surface area contributed by atoms with Crippen molar-refractivity contribution in [3.05, 3.63) is 0 Å². The van der Waals surface area contributed by atoms with Gasteiger partial charge < -0.3 is 24.4 Å². The molecule has 0 heterocycles. The van der Waals surface area contributed by atoms with Gasteiger partial charge in [-0.2, -0.15) is 0 Å². The van der Waals surface area contributed by atoms with E-state index in [9.17, 15) is 14.7 Å². The van der Waals surface area contributed by atoms with Crippen LogP contribution in [0.1, 0.15) is 336 Å². The van der Waals surface area contributed by atoms with Crippen LogP contribution < -0.4 is 0 Å². The predicted molar refractivity (Wildman–Crippen MR) is 301 cm³/mol. The van der Waals surface area contributed by atoms with Gasteiger partial charge in [0.05, 0.1) is 6.61 Å². The molecule has 0 aliphatic rings. The van der Waals surface area contributed by atoms with Gasteiger partial charge in [-0.05, 0) is 103 Å². The van der Waals surface area contributed by atoms with Crippen LogP contribution in [0.15, 0.2) is 0 Å². The van der Waals surface area contributed by atoms with Crippen molar-refractivity contribution in [1.29, 1.82) is 0 Å². The fourth-order valence-corrected chi connectivity index (χ4v) is 10.1. The molecular weight excluding hydrogens is 853 g/mol. The largest absolute Gasteiger partial charge is 0.508 e. The van der Waals surface area contributed by atoms with E-state index in [-0.39, 0.29) is 6.10 Å². The van der Waals surface area contributed by atoms with Gasteiger partial charge in [0.1, 0.15) is 6.10 Å². The van der Waals surface area contributed by atoms with Crippen molar-refractivity contribution in [3.8, 4) is 0 Å². The number of unbranched alkanes of at least 4 members (excludes halogenated alkanes) is 38. The van der Waals surface area contributed by atoms with Crippen molar-refractivity contribution in [2.75, 3.05) is 45.9 Å². The zero-order valence-electron chi connectivity index (χ0n) is 47.4. The fraction of sp³-hybridized carbons (Fsp3) is 0.968. The second-order valence-electron chi connectivity index (χ2n) is 21.6. The first kappa shape index (κ1) is 67.7. The summed E-state index contributed by atoms with van der Waals surface area (Å²) < 4.78 is 11.4. The van der Waals surface area contributed by atoms with E-state index in [0.717, 1.165) is 110 Å². The lowest BCUT2D eigenvalue weighted by atomic mass is 10.0. The second kappa shape index (κ2) is 57.6. The van der Waals surface area contributed by atoms with Crippen molar-refractivity contribution < 1.29 is 24.2 Å². The SMILES string of the molecule is CCCCCCCCCCCCN(CCCCCCCCCCCC)C(=O)CCCCCCCN(CCCCCO)CCCCCCCOC(=O)OC(CCCCCCCC)CCCCCCCC. The highest BCUT2D eigenvalue weighted by molar-refractivity contribution is 5.76. The lowest BCUT2D eigenvalue weighted by molar-refractivity contribution is -0.131. The molecule has 0 aliphatic carbocycles. The van der Waals surface area contributed by atoms with Crippen molar-refractivity contribution >= 4 is 12.1 Å². The summed E-state index contributed by atoms with van der Waals surface area (Å²) in [4.78, 5) is 31.1. The number of hydrogen-bond donors (Lipinski definition) is 1. The maximum Gasteiger partial charge on any atom is 0.508 e. The quantitative estimate of drug-likeness (QED) is 0.0483. The van der Waals surface area contributed by atoms with Crippen LogP contribution in [0.25, 0.3) is 0 Å². The van der Waals surface area contributed by atoms with Gasteiger partial charge in [0, 0.05) is 26.1 Å². The Kier molecular flexibility index (Phi) is 56.4. The van der Waals surface area contributed by atoms with E-state index in [1.807, 2.05) is 0 Å². The molecule has 0 radical (unpaired) electrons. The molecule has 412 valence electrons. The molecule has 1 N–H and O–H groups in total. The summed E-state index contributed by atoms with van der Waals surface area (Å²) in [6, 6.07) is 0. The Morgan fingerprint density at radius 2 is 0.667 bits per heavy atom. The van der Waals surface area contributed by atoms with Crippen LogP contribution in [-0.4, -0.2) is 79.0 Å². The van der Waals surface area contributed by atoms with E-state index in [1.165, 1.54) is 231 Å². The molecule has 0 rings (SSSR count). The van der Waals surface area contributed by atoms with Gasteiger partial charge in [-0.1, -0.05) is 246 Å². The van der Waals surface area contributed by atoms with Crippen LogP contribution in [0.5, 0.6) is 0 Å². The third-order valence-corrected chi connectivity index (χ3v) is 14.8. The van der Waals surface area contributed by atoms with Crippen molar-refractivity contribution in [1.82, 2.24) is 9.80 Å². The van der Waals surface area contributed by atoms with Crippen molar-refractivity contribution in [2.24, 2.45) is 0 Å². The number of aliphatic hydroxyl groups is 1. The number of amides is 1. The van der Waals surface area contributed by atoms with E-state index in [4.69, 9.17) is 9.47 Å². The summed E-state index contributed by atoms with van der Waals surface area (Å²) in [7, 11) is 0. The van der Waals surface area contributed by atoms with Gasteiger partial charge in [0.25, 0.3) is 0 Å². The maximum atomic E-state index is 13.5. The second-order valence-corrected chi connectivity index (χ2v) is 21.6. The molecule has 0 saturated carbocycles. The first-order chi connectivity index (χ1) is 34.0. The van der Waals surface area contributed by atoms with E-state index >= 15 is 0 Å². The van der Waals surface area contributed by atoms with Gasteiger partial charge in [0.15, 0.2) is 0 Å². The molecule has 7 heteroatoms. The molecule has 0 aromatic heterocycles. The molecule has 0 spiro atoms. The number of carbonyl (C=O) groups excluding carboxylic acids is 2. The van der Waals surface area contributed by atoms with E-state index in [0.29, 0.717) is 19.1 Å². The molecule has 1 amide bonds. The predicted octanol–water partition coefficient (Wildman–Crippen LogP) is 19.4. The van der Waals surface area contributed by atoms with E-state index < -0.39 is 6.16 Å². The topological polar surface area (TPSA) is 79.3 Å². The summed E-state index contributed by atoms with van der Waals surface area (Å²) in [6.45, 7) is 15.2. The van der Waals surface area contributed by atoms with Crippen LogP contribution in [0.2, 0.25) is 0 Å². The number of carbonyl (C=O) groups is 2. The number of aliphatic hydroxyl groups excluding tert-OH is 1. The van der Waals surface area contributed by atoms with E-state index in [2.05, 4.69) is 37.5 Å². The Bertz CT molecular complexity index is 971. The monoisotopic (exact) mass is 977 g/mol. The van der Waals surface area contributed by atoms with Crippen LogP contribution >= 0.6 is 0 Å². The third-order valence-electron chi connectivity index (χ3n) is 14.8.